The number of sulfone groups is 1. The Kier molecular flexibility index (Phi) is 6.39. The highest BCUT2D eigenvalue weighted by Crippen LogP contribution is 2.29. The Bertz CT molecular complexity index is 1290. The minimum absolute atomic E-state index is 0.0278. The van der Waals surface area contributed by atoms with Gasteiger partial charge in [-0.1, -0.05) is 11.2 Å². The van der Waals surface area contributed by atoms with Crippen LogP contribution in [0.25, 0.3) is 11.4 Å². The highest BCUT2D eigenvalue weighted by Gasteiger charge is 2.38. The van der Waals surface area contributed by atoms with Gasteiger partial charge in [0.2, 0.25) is 11.7 Å². The second kappa shape index (κ2) is 9.12. The Hall–Kier alpha value is -3.35. The smallest absolute Gasteiger partial charge is 0.329 e. The van der Waals surface area contributed by atoms with Crippen molar-refractivity contribution < 1.29 is 35.3 Å². The van der Waals surface area contributed by atoms with E-state index in [0.717, 1.165) is 0 Å². The van der Waals surface area contributed by atoms with Crippen LogP contribution in [0.4, 0.5) is 23.2 Å². The normalized spacial score (nSPS) is 17.6. The lowest BCUT2D eigenvalue weighted by atomic mass is 10.0. The molecule has 8 nitrogen and oxygen atoms in total. The average molecular weight is 498 g/mol. The molecule has 1 aliphatic heterocycles. The van der Waals surface area contributed by atoms with Crippen molar-refractivity contribution in [2.45, 2.75) is 25.6 Å². The van der Waals surface area contributed by atoms with Crippen molar-refractivity contribution in [2.24, 2.45) is 5.92 Å². The standard InChI is InChI=1S/C21H18F4N4O4S/c22-15-2-1-3-17(9-15)29(18(30)8-13-6-7-34(31,32)12-13)11-16-5-4-14(10-26-16)19-27-20(33-28-19)21(23,24)25/h1-5,9-10,13H,6-8,11-12H2. The molecular weight excluding hydrogens is 480 g/mol. The highest BCUT2D eigenvalue weighted by molar-refractivity contribution is 7.91. The lowest BCUT2D eigenvalue weighted by Gasteiger charge is -2.24. The maximum Gasteiger partial charge on any atom is 0.471 e. The lowest BCUT2D eigenvalue weighted by Crippen LogP contribution is -2.32. The third-order valence-electron chi connectivity index (χ3n) is 5.28. The van der Waals surface area contributed by atoms with E-state index in [0.29, 0.717) is 12.1 Å². The van der Waals surface area contributed by atoms with Crippen molar-refractivity contribution >= 4 is 21.4 Å². The zero-order valence-corrected chi connectivity index (χ0v) is 18.3. The topological polar surface area (TPSA) is 106 Å². The number of pyridine rings is 1. The van der Waals surface area contributed by atoms with Gasteiger partial charge in [-0.2, -0.15) is 18.2 Å². The molecule has 1 saturated heterocycles. The Labute approximate surface area is 191 Å². The zero-order valence-electron chi connectivity index (χ0n) is 17.5. The van der Waals surface area contributed by atoms with Gasteiger partial charge in [0.25, 0.3) is 0 Å². The number of hydrogen-bond acceptors (Lipinski definition) is 7. The number of benzene rings is 1. The van der Waals surface area contributed by atoms with Crippen LogP contribution in [-0.2, 0) is 27.4 Å². The lowest BCUT2D eigenvalue weighted by molar-refractivity contribution is -0.159. The number of nitrogens with zero attached hydrogens (tertiary/aromatic N) is 4. The van der Waals surface area contributed by atoms with Crippen molar-refractivity contribution in [3.63, 3.8) is 0 Å². The fourth-order valence-electron chi connectivity index (χ4n) is 3.63. The van der Waals surface area contributed by atoms with Gasteiger partial charge in [0.15, 0.2) is 9.84 Å². The van der Waals surface area contributed by atoms with Gasteiger partial charge in [-0.3, -0.25) is 9.78 Å². The summed E-state index contributed by atoms with van der Waals surface area (Å²) >= 11 is 0. The second-order valence-corrected chi connectivity index (χ2v) is 10.1. The molecule has 1 unspecified atom stereocenters. The van der Waals surface area contributed by atoms with Crippen molar-refractivity contribution in [2.75, 3.05) is 16.4 Å². The average Bonchev–Trinajstić information content (AvgIpc) is 3.39. The summed E-state index contributed by atoms with van der Waals surface area (Å²) in [5, 5.41) is 3.30. The van der Waals surface area contributed by atoms with E-state index in [4.69, 9.17) is 0 Å². The van der Waals surface area contributed by atoms with Crippen molar-refractivity contribution in [1.82, 2.24) is 15.1 Å². The van der Waals surface area contributed by atoms with Gasteiger partial charge in [-0.25, -0.2) is 12.8 Å². The molecule has 1 aromatic carbocycles. The van der Waals surface area contributed by atoms with Gasteiger partial charge in [0.05, 0.1) is 23.7 Å². The first-order valence-corrected chi connectivity index (χ1v) is 11.9. The molecule has 1 aliphatic rings. The fourth-order valence-corrected chi connectivity index (χ4v) is 5.49. The molecule has 3 aromatic rings. The number of aromatic nitrogens is 3. The van der Waals surface area contributed by atoms with Gasteiger partial charge < -0.3 is 9.42 Å². The quantitative estimate of drug-likeness (QED) is 0.478. The molecule has 1 atom stereocenters. The zero-order chi connectivity index (χ0) is 24.5. The first-order chi connectivity index (χ1) is 16.0. The maximum atomic E-state index is 13.8. The molecule has 34 heavy (non-hydrogen) atoms. The molecule has 3 heterocycles. The minimum atomic E-state index is -4.77. The molecule has 180 valence electrons. The summed E-state index contributed by atoms with van der Waals surface area (Å²) < 4.78 is 79.5. The van der Waals surface area contributed by atoms with Crippen LogP contribution < -0.4 is 4.90 Å². The SMILES string of the molecule is O=C(CC1CCS(=O)(=O)C1)N(Cc1ccc(-c2noc(C(F)(F)F)n2)cn1)c1cccc(F)c1. The highest BCUT2D eigenvalue weighted by atomic mass is 32.2. The molecule has 1 fully saturated rings. The molecule has 0 radical (unpaired) electrons. The summed E-state index contributed by atoms with van der Waals surface area (Å²) in [6.07, 6.45) is -3.19. The van der Waals surface area contributed by atoms with Crippen LogP contribution in [0.15, 0.2) is 47.1 Å². The number of anilines is 1. The summed E-state index contributed by atoms with van der Waals surface area (Å²) in [7, 11) is -3.17. The van der Waals surface area contributed by atoms with Gasteiger partial charge in [0.1, 0.15) is 5.82 Å². The second-order valence-electron chi connectivity index (χ2n) is 7.89. The molecule has 13 heteroatoms. The first-order valence-electron chi connectivity index (χ1n) is 10.1. The van der Waals surface area contributed by atoms with Crippen LogP contribution in [0, 0.1) is 11.7 Å². The minimum Gasteiger partial charge on any atom is -0.329 e. The van der Waals surface area contributed by atoms with E-state index in [1.807, 2.05) is 0 Å². The number of halogens is 4. The van der Waals surface area contributed by atoms with Crippen LogP contribution in [0.5, 0.6) is 0 Å². The summed E-state index contributed by atoms with van der Waals surface area (Å²) in [5.41, 5.74) is 0.799. The maximum absolute atomic E-state index is 13.8. The van der Waals surface area contributed by atoms with Crippen LogP contribution in [0.2, 0.25) is 0 Å². The number of carbonyl (C=O) groups excluding carboxylic acids is 1. The Morgan fingerprint density at radius 2 is 2.00 bits per heavy atom. The molecule has 2 aromatic heterocycles. The van der Waals surface area contributed by atoms with E-state index >= 15 is 0 Å². The summed E-state index contributed by atoms with van der Waals surface area (Å²) in [6, 6.07) is 8.27. The summed E-state index contributed by atoms with van der Waals surface area (Å²) in [5.74, 6) is -3.11. The van der Waals surface area contributed by atoms with Crippen molar-refractivity contribution in [3.05, 3.63) is 60.0 Å². The van der Waals surface area contributed by atoms with Gasteiger partial charge in [0, 0.05) is 23.9 Å². The molecule has 4 rings (SSSR count). The van der Waals surface area contributed by atoms with Gasteiger partial charge in [-0.15, -0.1) is 0 Å². The first kappa shape index (κ1) is 23.8. The van der Waals surface area contributed by atoms with Crippen LogP contribution >= 0.6 is 0 Å². The fraction of sp³-hybridized carbons (Fsp3) is 0.333. The summed E-state index contributed by atoms with van der Waals surface area (Å²) in [4.78, 5) is 21.8. The van der Waals surface area contributed by atoms with Gasteiger partial charge >= 0.3 is 12.1 Å². The molecule has 0 saturated carbocycles. The number of amides is 1. The van der Waals surface area contributed by atoms with E-state index in [9.17, 15) is 30.8 Å². The van der Waals surface area contributed by atoms with Crippen LogP contribution in [-0.4, -0.2) is 41.0 Å². The molecule has 1 amide bonds. The molecular formula is C21H18F4N4O4S. The molecule has 0 spiro atoms. The van der Waals surface area contributed by atoms with E-state index in [-0.39, 0.29) is 47.5 Å². The Morgan fingerprint density at radius 3 is 2.59 bits per heavy atom. The van der Waals surface area contributed by atoms with E-state index < -0.39 is 33.6 Å². The monoisotopic (exact) mass is 498 g/mol. The predicted molar refractivity (Wildman–Crippen MR) is 111 cm³/mol. The number of hydrogen-bond donors (Lipinski definition) is 0. The van der Waals surface area contributed by atoms with Crippen LogP contribution in [0.1, 0.15) is 24.4 Å². The summed E-state index contributed by atoms with van der Waals surface area (Å²) in [6.45, 7) is -0.0674. The van der Waals surface area contributed by atoms with E-state index in [1.54, 1.807) is 6.07 Å². The number of carbonyl (C=O) groups is 1. The molecule has 0 bridgehead atoms. The van der Waals surface area contributed by atoms with Gasteiger partial charge in [-0.05, 0) is 42.7 Å². The molecule has 0 N–H and O–H groups in total. The molecule has 0 aliphatic carbocycles. The van der Waals surface area contributed by atoms with Crippen molar-refractivity contribution in [3.8, 4) is 11.4 Å². The van der Waals surface area contributed by atoms with E-state index in [1.165, 1.54) is 41.4 Å². The third kappa shape index (κ3) is 5.58. The largest absolute Gasteiger partial charge is 0.471 e. The number of alkyl halides is 3. The Morgan fingerprint density at radius 1 is 1.21 bits per heavy atom. The number of rotatable bonds is 6. The third-order valence-corrected chi connectivity index (χ3v) is 7.12. The Balaban J connectivity index is 1.54. The predicted octanol–water partition coefficient (Wildman–Crippen LogP) is 3.65. The van der Waals surface area contributed by atoms with Crippen LogP contribution in [0.3, 0.4) is 0 Å². The van der Waals surface area contributed by atoms with E-state index in [2.05, 4.69) is 19.6 Å². The van der Waals surface area contributed by atoms with Crippen molar-refractivity contribution in [1.29, 1.82) is 0 Å².